The van der Waals surface area contributed by atoms with Crippen molar-refractivity contribution in [2.75, 3.05) is 5.32 Å². The van der Waals surface area contributed by atoms with Crippen LogP contribution in [-0.2, 0) is 11.2 Å². The van der Waals surface area contributed by atoms with Crippen LogP contribution in [0.25, 0.3) is 22.0 Å². The van der Waals surface area contributed by atoms with Gasteiger partial charge in [0.2, 0.25) is 0 Å². The molecule has 0 spiro atoms. The summed E-state index contributed by atoms with van der Waals surface area (Å²) < 4.78 is 2.03. The largest absolute Gasteiger partial charge is 0.381 e. The van der Waals surface area contributed by atoms with Crippen LogP contribution in [0, 0.1) is 11.3 Å². The molecule has 0 amide bonds. The van der Waals surface area contributed by atoms with Crippen LogP contribution >= 0.6 is 0 Å². The second kappa shape index (κ2) is 7.28. The van der Waals surface area contributed by atoms with Gasteiger partial charge in [-0.2, -0.15) is 10.4 Å². The molecule has 0 saturated heterocycles. The molecule has 30 heavy (non-hydrogen) atoms. The molecule has 3 aromatic rings. The summed E-state index contributed by atoms with van der Waals surface area (Å²) >= 11 is 0. The summed E-state index contributed by atoms with van der Waals surface area (Å²) in [5.41, 5.74) is 6.69. The lowest BCUT2D eigenvalue weighted by molar-refractivity contribution is -0.118. The van der Waals surface area contributed by atoms with Crippen LogP contribution in [0.3, 0.4) is 0 Å². The minimum atomic E-state index is 0.0531. The van der Waals surface area contributed by atoms with E-state index in [1.165, 1.54) is 18.2 Å². The maximum atomic E-state index is 12.3. The van der Waals surface area contributed by atoms with Gasteiger partial charge in [-0.3, -0.25) is 9.48 Å². The summed E-state index contributed by atoms with van der Waals surface area (Å²) in [4.78, 5) is 12.3. The van der Waals surface area contributed by atoms with Gasteiger partial charge in [0, 0.05) is 41.4 Å². The predicted octanol–water partition coefficient (Wildman–Crippen LogP) is 5.37. The van der Waals surface area contributed by atoms with Gasteiger partial charge in [0.25, 0.3) is 0 Å². The zero-order valence-corrected chi connectivity index (χ0v) is 17.5. The summed E-state index contributed by atoms with van der Waals surface area (Å²) in [5.74, 6) is 0.812. The van der Waals surface area contributed by atoms with Crippen LogP contribution in [0.15, 0.2) is 36.4 Å². The van der Waals surface area contributed by atoms with Crippen LogP contribution in [-0.4, -0.2) is 21.6 Å². The molecule has 152 valence electrons. The van der Waals surface area contributed by atoms with E-state index in [1.54, 1.807) is 0 Å². The predicted molar refractivity (Wildman–Crippen MR) is 118 cm³/mol. The lowest BCUT2D eigenvalue weighted by Crippen LogP contribution is -2.17. The number of hydrogen-bond acceptors (Lipinski definition) is 4. The smallest absolute Gasteiger partial charge is 0.139 e. The monoisotopic (exact) mass is 398 g/mol. The van der Waals surface area contributed by atoms with Gasteiger partial charge in [-0.25, -0.2) is 0 Å². The molecule has 1 fully saturated rings. The Morgan fingerprint density at radius 1 is 1.30 bits per heavy atom. The first-order valence-electron chi connectivity index (χ1n) is 10.8. The van der Waals surface area contributed by atoms with Gasteiger partial charge >= 0.3 is 0 Å². The standard InChI is InChI=1S/C25H26N4O/c1-15-12-20(30)13-19-4-3-5-21(24(19)27-15)18-8-9-23-22(14-18)25(17-6-7-17)28-29(23)16(2)10-11-26/h3-5,8-9,14-17,27H,6-7,10,12-13H2,1-2H3/t15-,16+/m1/s1. The van der Waals surface area contributed by atoms with E-state index in [1.807, 2.05) is 10.7 Å². The molecule has 5 heteroatoms. The number of aromatic nitrogens is 2. The Morgan fingerprint density at radius 3 is 2.90 bits per heavy atom. The first kappa shape index (κ1) is 18.9. The van der Waals surface area contributed by atoms with Crippen molar-refractivity contribution in [2.45, 2.75) is 64.0 Å². The summed E-state index contributed by atoms with van der Waals surface area (Å²) in [7, 11) is 0. The SMILES string of the molecule is C[C@@H]1CC(=O)Cc2cccc(-c3ccc4c(c3)c(C3CC3)nn4[C@@H](C)CC#N)c2N1. The number of nitrogens with one attached hydrogen (secondary N) is 1. The highest BCUT2D eigenvalue weighted by Gasteiger charge is 2.30. The molecule has 1 aromatic heterocycles. The Balaban J connectivity index is 1.65. The zero-order chi connectivity index (χ0) is 20.8. The molecule has 2 atom stereocenters. The van der Waals surface area contributed by atoms with Gasteiger partial charge in [0.05, 0.1) is 29.7 Å². The van der Waals surface area contributed by atoms with E-state index < -0.39 is 0 Å². The third-order valence-corrected chi connectivity index (χ3v) is 6.28. The number of benzene rings is 2. The fourth-order valence-electron chi connectivity index (χ4n) is 4.63. The topological polar surface area (TPSA) is 70.7 Å². The first-order chi connectivity index (χ1) is 14.5. The number of ketones is 1. The lowest BCUT2D eigenvalue weighted by Gasteiger charge is -2.17. The van der Waals surface area contributed by atoms with Crippen molar-refractivity contribution < 1.29 is 4.79 Å². The number of nitriles is 1. The highest BCUT2D eigenvalue weighted by molar-refractivity contribution is 5.93. The zero-order valence-electron chi connectivity index (χ0n) is 17.5. The molecule has 0 radical (unpaired) electrons. The van der Waals surface area contributed by atoms with Crippen molar-refractivity contribution in [2.24, 2.45) is 0 Å². The number of carbonyl (C=O) groups excluding carboxylic acids is 1. The van der Waals surface area contributed by atoms with Gasteiger partial charge in [0.15, 0.2) is 0 Å². The van der Waals surface area contributed by atoms with Gasteiger partial charge in [0.1, 0.15) is 5.78 Å². The quantitative estimate of drug-likeness (QED) is 0.641. The van der Waals surface area contributed by atoms with Crippen molar-refractivity contribution in [3.8, 4) is 17.2 Å². The normalized spacial score (nSPS) is 19.6. The number of carbonyl (C=O) groups is 1. The number of rotatable bonds is 4. The molecule has 2 aliphatic rings. The molecular formula is C25H26N4O. The van der Waals surface area contributed by atoms with Crippen LogP contribution in [0.1, 0.15) is 62.7 Å². The van der Waals surface area contributed by atoms with E-state index in [0.29, 0.717) is 25.2 Å². The van der Waals surface area contributed by atoms with Crippen molar-refractivity contribution in [3.05, 3.63) is 47.7 Å². The molecule has 1 saturated carbocycles. The Morgan fingerprint density at radius 2 is 2.13 bits per heavy atom. The molecule has 0 bridgehead atoms. The van der Waals surface area contributed by atoms with Crippen molar-refractivity contribution in [1.82, 2.24) is 9.78 Å². The summed E-state index contributed by atoms with van der Waals surface area (Å²) in [6.07, 6.45) is 3.86. The maximum Gasteiger partial charge on any atom is 0.139 e. The summed E-state index contributed by atoms with van der Waals surface area (Å²) in [6, 6.07) is 15.2. The average Bonchev–Trinajstić information content (AvgIpc) is 3.50. The van der Waals surface area contributed by atoms with Gasteiger partial charge in [-0.05, 0) is 49.9 Å². The lowest BCUT2D eigenvalue weighted by atomic mass is 9.96. The Hall–Kier alpha value is -3.13. The second-order valence-electron chi connectivity index (χ2n) is 8.85. The fraction of sp³-hybridized carbons (Fsp3) is 0.400. The van der Waals surface area contributed by atoms with Crippen LogP contribution in [0.5, 0.6) is 0 Å². The number of para-hydroxylation sites is 1. The molecule has 1 N–H and O–H groups in total. The Labute approximate surface area is 176 Å². The van der Waals surface area contributed by atoms with Crippen LogP contribution < -0.4 is 5.32 Å². The number of fused-ring (bicyclic) bond motifs is 2. The molecular weight excluding hydrogens is 372 g/mol. The Kier molecular flexibility index (Phi) is 4.58. The number of hydrogen-bond donors (Lipinski definition) is 1. The third-order valence-electron chi connectivity index (χ3n) is 6.28. The van der Waals surface area contributed by atoms with Crippen molar-refractivity contribution in [1.29, 1.82) is 5.26 Å². The summed E-state index contributed by atoms with van der Waals surface area (Å²) in [6.45, 7) is 4.12. The van der Waals surface area contributed by atoms with E-state index >= 15 is 0 Å². The fourth-order valence-corrected chi connectivity index (χ4v) is 4.63. The highest BCUT2D eigenvalue weighted by atomic mass is 16.1. The van der Waals surface area contributed by atoms with Crippen molar-refractivity contribution >= 4 is 22.4 Å². The first-order valence-corrected chi connectivity index (χ1v) is 10.8. The molecule has 1 aliphatic carbocycles. The number of Topliss-reactive ketones (excluding diaryl/α,β-unsaturated/α-hetero) is 1. The van der Waals surface area contributed by atoms with Gasteiger partial charge < -0.3 is 5.32 Å². The second-order valence-corrected chi connectivity index (χ2v) is 8.85. The third kappa shape index (κ3) is 3.27. The number of anilines is 1. The van der Waals surface area contributed by atoms with Gasteiger partial charge in [-0.1, -0.05) is 24.3 Å². The van der Waals surface area contributed by atoms with Crippen LogP contribution in [0.2, 0.25) is 0 Å². The Bertz CT molecular complexity index is 1180. The molecule has 2 heterocycles. The van der Waals surface area contributed by atoms with E-state index in [-0.39, 0.29) is 17.9 Å². The van der Waals surface area contributed by atoms with Crippen molar-refractivity contribution in [3.63, 3.8) is 0 Å². The van der Waals surface area contributed by atoms with E-state index in [4.69, 9.17) is 10.4 Å². The van der Waals surface area contributed by atoms with E-state index in [0.717, 1.165) is 33.6 Å². The highest BCUT2D eigenvalue weighted by Crippen LogP contribution is 2.44. The molecule has 0 unspecified atom stereocenters. The minimum absolute atomic E-state index is 0.0531. The number of nitrogens with zero attached hydrogens (tertiary/aromatic N) is 3. The van der Waals surface area contributed by atoms with E-state index in [2.05, 4.69) is 55.6 Å². The van der Waals surface area contributed by atoms with E-state index in [9.17, 15) is 4.79 Å². The molecule has 5 rings (SSSR count). The maximum absolute atomic E-state index is 12.3. The minimum Gasteiger partial charge on any atom is -0.381 e. The molecule has 1 aliphatic heterocycles. The molecule has 5 nitrogen and oxygen atoms in total. The average molecular weight is 399 g/mol. The van der Waals surface area contributed by atoms with Gasteiger partial charge in [-0.15, -0.1) is 0 Å². The summed E-state index contributed by atoms with van der Waals surface area (Å²) in [5, 5.41) is 18.8. The van der Waals surface area contributed by atoms with Crippen LogP contribution in [0.4, 0.5) is 5.69 Å². The molecule has 2 aromatic carbocycles.